The predicted molar refractivity (Wildman–Crippen MR) is 59.6 cm³/mol. The summed E-state index contributed by atoms with van der Waals surface area (Å²) in [5, 5.41) is 3.43. The summed E-state index contributed by atoms with van der Waals surface area (Å²) in [5.74, 6) is -0.0119. The zero-order valence-corrected chi connectivity index (χ0v) is 9.71. The fraction of sp³-hybridized carbons (Fsp3) is 0.455. The molecule has 1 fully saturated rings. The molecule has 2 rings (SSSR count). The van der Waals surface area contributed by atoms with Gasteiger partial charge in [-0.3, -0.25) is 0 Å². The lowest BCUT2D eigenvalue weighted by Gasteiger charge is -2.24. The van der Waals surface area contributed by atoms with Gasteiger partial charge in [0.05, 0.1) is 24.3 Å². The molecule has 0 aromatic heterocycles. The Balaban J connectivity index is 2.12. The van der Waals surface area contributed by atoms with Crippen LogP contribution >= 0.6 is 11.6 Å². The van der Waals surface area contributed by atoms with E-state index in [1.807, 2.05) is 0 Å². The SMILES string of the molecule is FC(F)Oc1ccc(C2COCCN2)cc1Cl. The molecule has 3 nitrogen and oxygen atoms in total. The van der Waals surface area contributed by atoms with Gasteiger partial charge in [-0.15, -0.1) is 0 Å². The first-order valence-corrected chi connectivity index (χ1v) is 5.60. The highest BCUT2D eigenvalue weighted by Gasteiger charge is 2.17. The van der Waals surface area contributed by atoms with Crippen LogP contribution in [0.2, 0.25) is 5.02 Å². The van der Waals surface area contributed by atoms with E-state index in [0.717, 1.165) is 12.1 Å². The summed E-state index contributed by atoms with van der Waals surface area (Å²) in [4.78, 5) is 0. The van der Waals surface area contributed by atoms with Gasteiger partial charge >= 0.3 is 6.61 Å². The summed E-state index contributed by atoms with van der Waals surface area (Å²) in [6, 6.07) is 4.81. The average Bonchev–Trinajstić information content (AvgIpc) is 2.32. The highest BCUT2D eigenvalue weighted by Crippen LogP contribution is 2.29. The van der Waals surface area contributed by atoms with Gasteiger partial charge in [-0.2, -0.15) is 8.78 Å². The lowest BCUT2D eigenvalue weighted by atomic mass is 10.1. The summed E-state index contributed by atoms with van der Waals surface area (Å²) in [6.45, 7) is -0.880. The highest BCUT2D eigenvalue weighted by atomic mass is 35.5. The molecule has 0 aliphatic carbocycles. The molecule has 94 valence electrons. The fourth-order valence-corrected chi connectivity index (χ4v) is 1.94. The van der Waals surface area contributed by atoms with Gasteiger partial charge < -0.3 is 14.8 Å². The monoisotopic (exact) mass is 263 g/mol. The normalized spacial score (nSPS) is 20.6. The van der Waals surface area contributed by atoms with Gasteiger partial charge in [0.2, 0.25) is 0 Å². The molecule has 1 N–H and O–H groups in total. The first-order chi connectivity index (χ1) is 8.16. The van der Waals surface area contributed by atoms with E-state index in [-0.39, 0.29) is 16.8 Å². The maximum Gasteiger partial charge on any atom is 0.387 e. The van der Waals surface area contributed by atoms with Crippen LogP contribution in [0, 0.1) is 0 Å². The predicted octanol–water partition coefficient (Wildman–Crippen LogP) is 2.60. The van der Waals surface area contributed by atoms with E-state index in [4.69, 9.17) is 16.3 Å². The zero-order chi connectivity index (χ0) is 12.3. The summed E-state index contributed by atoms with van der Waals surface area (Å²) >= 11 is 5.87. The molecule has 0 amide bonds. The Morgan fingerprint density at radius 1 is 1.47 bits per heavy atom. The van der Waals surface area contributed by atoms with Gasteiger partial charge in [0, 0.05) is 6.54 Å². The molecule has 6 heteroatoms. The van der Waals surface area contributed by atoms with Crippen LogP contribution in [0.15, 0.2) is 18.2 Å². The van der Waals surface area contributed by atoms with Crippen molar-refractivity contribution in [2.75, 3.05) is 19.8 Å². The number of benzene rings is 1. The third-order valence-electron chi connectivity index (χ3n) is 2.50. The van der Waals surface area contributed by atoms with E-state index in [0.29, 0.717) is 13.2 Å². The molecule has 1 aliphatic rings. The number of nitrogens with one attached hydrogen (secondary N) is 1. The average molecular weight is 264 g/mol. The molecule has 0 saturated carbocycles. The molecule has 17 heavy (non-hydrogen) atoms. The fourth-order valence-electron chi connectivity index (χ4n) is 1.70. The molecule has 0 spiro atoms. The van der Waals surface area contributed by atoms with E-state index in [1.165, 1.54) is 6.07 Å². The third-order valence-corrected chi connectivity index (χ3v) is 2.79. The maximum absolute atomic E-state index is 12.0. The minimum Gasteiger partial charge on any atom is -0.433 e. The van der Waals surface area contributed by atoms with E-state index in [2.05, 4.69) is 10.1 Å². The van der Waals surface area contributed by atoms with Crippen molar-refractivity contribution in [3.63, 3.8) is 0 Å². The van der Waals surface area contributed by atoms with Crippen LogP contribution in [-0.4, -0.2) is 26.4 Å². The van der Waals surface area contributed by atoms with Crippen LogP contribution in [0.4, 0.5) is 8.78 Å². The Hall–Kier alpha value is -0.910. The Kier molecular flexibility index (Phi) is 4.15. The molecule has 0 radical (unpaired) electrons. The summed E-state index contributed by atoms with van der Waals surface area (Å²) in [6.07, 6.45) is 0. The van der Waals surface area contributed by atoms with Crippen molar-refractivity contribution in [2.45, 2.75) is 12.7 Å². The number of hydrogen-bond acceptors (Lipinski definition) is 3. The largest absolute Gasteiger partial charge is 0.433 e. The number of rotatable bonds is 3. The van der Waals surface area contributed by atoms with Crippen LogP contribution < -0.4 is 10.1 Å². The highest BCUT2D eigenvalue weighted by molar-refractivity contribution is 6.32. The molecule has 0 bridgehead atoms. The van der Waals surface area contributed by atoms with Crippen LogP contribution in [0.1, 0.15) is 11.6 Å². The van der Waals surface area contributed by atoms with Gasteiger partial charge in [0.25, 0.3) is 0 Å². The van der Waals surface area contributed by atoms with Gasteiger partial charge in [0.1, 0.15) is 5.75 Å². The first-order valence-electron chi connectivity index (χ1n) is 5.22. The lowest BCUT2D eigenvalue weighted by Crippen LogP contribution is -2.34. The topological polar surface area (TPSA) is 30.5 Å². The van der Waals surface area contributed by atoms with Gasteiger partial charge in [-0.1, -0.05) is 17.7 Å². The zero-order valence-electron chi connectivity index (χ0n) is 8.96. The van der Waals surface area contributed by atoms with Gasteiger partial charge in [-0.25, -0.2) is 0 Å². The second-order valence-electron chi connectivity index (χ2n) is 3.65. The Morgan fingerprint density at radius 2 is 2.29 bits per heavy atom. The molecule has 1 aromatic carbocycles. The standard InChI is InChI=1S/C11H12ClF2NO2/c12-8-5-7(9-6-16-4-3-15-9)1-2-10(8)17-11(13)14/h1-2,5,9,11,15H,3-4,6H2. The van der Waals surface area contributed by atoms with Crippen molar-refractivity contribution in [2.24, 2.45) is 0 Å². The second-order valence-corrected chi connectivity index (χ2v) is 4.06. The number of morpholine rings is 1. The lowest BCUT2D eigenvalue weighted by molar-refractivity contribution is -0.0498. The third kappa shape index (κ3) is 3.28. The maximum atomic E-state index is 12.0. The van der Waals surface area contributed by atoms with Crippen LogP contribution in [0.25, 0.3) is 0 Å². The van der Waals surface area contributed by atoms with Crippen molar-refractivity contribution in [1.82, 2.24) is 5.32 Å². The van der Waals surface area contributed by atoms with E-state index >= 15 is 0 Å². The van der Waals surface area contributed by atoms with Crippen LogP contribution in [0.5, 0.6) is 5.75 Å². The quantitative estimate of drug-likeness (QED) is 0.909. The Morgan fingerprint density at radius 3 is 2.88 bits per heavy atom. The number of alkyl halides is 2. The van der Waals surface area contributed by atoms with Crippen molar-refractivity contribution in [1.29, 1.82) is 0 Å². The first kappa shape index (κ1) is 12.5. The van der Waals surface area contributed by atoms with Crippen molar-refractivity contribution >= 4 is 11.6 Å². The van der Waals surface area contributed by atoms with Crippen LogP contribution in [-0.2, 0) is 4.74 Å². The summed E-state index contributed by atoms with van der Waals surface area (Å²) in [5.41, 5.74) is 0.899. The molecule has 1 saturated heterocycles. The molecular weight excluding hydrogens is 252 g/mol. The summed E-state index contributed by atoms with van der Waals surface area (Å²) < 4.78 is 33.7. The molecular formula is C11H12ClF2NO2. The number of ether oxygens (including phenoxy) is 2. The Bertz CT molecular complexity index is 384. The molecule has 1 unspecified atom stereocenters. The molecule has 1 aromatic rings. The minimum atomic E-state index is -2.87. The van der Waals surface area contributed by atoms with Gasteiger partial charge in [-0.05, 0) is 17.7 Å². The van der Waals surface area contributed by atoms with E-state index in [9.17, 15) is 8.78 Å². The van der Waals surface area contributed by atoms with Crippen molar-refractivity contribution in [3.8, 4) is 5.75 Å². The van der Waals surface area contributed by atoms with Crippen LogP contribution in [0.3, 0.4) is 0 Å². The second kappa shape index (κ2) is 5.62. The summed E-state index contributed by atoms with van der Waals surface area (Å²) in [7, 11) is 0. The van der Waals surface area contributed by atoms with Gasteiger partial charge in [0.15, 0.2) is 0 Å². The van der Waals surface area contributed by atoms with Crippen molar-refractivity contribution < 1.29 is 18.3 Å². The van der Waals surface area contributed by atoms with E-state index in [1.54, 1.807) is 12.1 Å². The van der Waals surface area contributed by atoms with Crippen molar-refractivity contribution in [3.05, 3.63) is 28.8 Å². The number of hydrogen-bond donors (Lipinski definition) is 1. The van der Waals surface area contributed by atoms with E-state index < -0.39 is 6.61 Å². The Labute approximate surface area is 103 Å². The minimum absolute atomic E-state index is 0.0119. The molecule has 1 heterocycles. The smallest absolute Gasteiger partial charge is 0.387 e. The molecule has 1 atom stereocenters. The molecule has 1 aliphatic heterocycles. The number of halogens is 3.